The molecule has 0 fully saturated rings. The van der Waals surface area contributed by atoms with Gasteiger partial charge >= 0.3 is 5.97 Å². The lowest BCUT2D eigenvalue weighted by atomic mass is 10.1. The summed E-state index contributed by atoms with van der Waals surface area (Å²) in [5.74, 6) is -0.424. The molecule has 2 rings (SSSR count). The first-order chi connectivity index (χ1) is 9.63. The minimum Gasteiger partial charge on any atom is -0.461 e. The topological polar surface area (TPSA) is 67.9 Å². The number of rotatable bonds is 4. The first-order valence-electron chi connectivity index (χ1n) is 6.03. The smallest absolute Gasteiger partial charge is 0.358 e. The van der Waals surface area contributed by atoms with Gasteiger partial charge in [-0.05, 0) is 46.6 Å². The van der Waals surface area contributed by atoms with Crippen LogP contribution in [-0.4, -0.2) is 22.4 Å². The summed E-state index contributed by atoms with van der Waals surface area (Å²) in [6.45, 7) is 2.60. The van der Waals surface area contributed by atoms with Crippen molar-refractivity contribution in [1.82, 2.24) is 9.78 Å². The summed E-state index contributed by atoms with van der Waals surface area (Å²) in [6.07, 6.45) is 1.72. The Morgan fingerprint density at radius 1 is 1.50 bits per heavy atom. The van der Waals surface area contributed by atoms with E-state index in [1.807, 2.05) is 12.1 Å². The molecule has 1 aromatic carbocycles. The van der Waals surface area contributed by atoms with Gasteiger partial charge in [-0.3, -0.25) is 4.68 Å². The van der Waals surface area contributed by atoms with Gasteiger partial charge in [0.25, 0.3) is 0 Å². The first-order valence-corrected chi connectivity index (χ1v) is 6.82. The Bertz CT molecular complexity index is 673. The third-order valence-electron chi connectivity index (χ3n) is 2.62. The van der Waals surface area contributed by atoms with E-state index in [1.54, 1.807) is 29.9 Å². The van der Waals surface area contributed by atoms with Crippen molar-refractivity contribution >= 4 is 21.9 Å². The molecule has 0 aliphatic heterocycles. The second kappa shape index (κ2) is 6.35. The molecule has 0 atom stereocenters. The second-order valence-electron chi connectivity index (χ2n) is 4.05. The molecule has 0 aliphatic carbocycles. The third-order valence-corrected chi connectivity index (χ3v) is 3.28. The van der Waals surface area contributed by atoms with E-state index in [4.69, 9.17) is 10.00 Å². The van der Waals surface area contributed by atoms with Crippen molar-refractivity contribution in [2.75, 3.05) is 6.61 Å². The molecule has 0 radical (unpaired) electrons. The van der Waals surface area contributed by atoms with Gasteiger partial charge in [0.05, 0.1) is 18.7 Å². The van der Waals surface area contributed by atoms with Gasteiger partial charge in [0, 0.05) is 10.7 Å². The Morgan fingerprint density at radius 2 is 2.30 bits per heavy atom. The van der Waals surface area contributed by atoms with Crippen molar-refractivity contribution in [3.63, 3.8) is 0 Å². The maximum Gasteiger partial charge on any atom is 0.358 e. The van der Waals surface area contributed by atoms with Crippen molar-refractivity contribution in [1.29, 1.82) is 5.26 Å². The number of benzene rings is 1. The highest BCUT2D eigenvalue weighted by molar-refractivity contribution is 9.10. The summed E-state index contributed by atoms with van der Waals surface area (Å²) in [7, 11) is 0. The molecular weight excluding hydrogens is 322 g/mol. The molecule has 0 N–H and O–H groups in total. The number of hydrogen-bond acceptors (Lipinski definition) is 4. The van der Waals surface area contributed by atoms with Crippen LogP contribution >= 0.6 is 15.9 Å². The Labute approximate surface area is 124 Å². The Balaban J connectivity index is 2.13. The molecule has 1 heterocycles. The van der Waals surface area contributed by atoms with Gasteiger partial charge in [0.2, 0.25) is 0 Å². The van der Waals surface area contributed by atoms with E-state index in [1.165, 1.54) is 0 Å². The standard InChI is InChI=1S/C14H12BrN3O2/c1-2-20-14(19)13-5-6-18(17-13)9-10-3-4-11(8-16)12(15)7-10/h3-7H,2,9H2,1H3. The summed E-state index contributed by atoms with van der Waals surface area (Å²) in [5.41, 5.74) is 1.86. The lowest BCUT2D eigenvalue weighted by molar-refractivity contribution is 0.0518. The minimum atomic E-state index is -0.424. The van der Waals surface area contributed by atoms with Crippen LogP contribution in [0.25, 0.3) is 0 Å². The van der Waals surface area contributed by atoms with E-state index >= 15 is 0 Å². The van der Waals surface area contributed by atoms with Crippen molar-refractivity contribution in [2.24, 2.45) is 0 Å². The molecular formula is C14H12BrN3O2. The molecule has 0 spiro atoms. The number of halogens is 1. The number of hydrogen-bond donors (Lipinski definition) is 0. The van der Waals surface area contributed by atoms with Gasteiger partial charge in [-0.1, -0.05) is 6.07 Å². The summed E-state index contributed by atoms with van der Waals surface area (Å²) >= 11 is 3.34. The SMILES string of the molecule is CCOC(=O)c1ccn(Cc2ccc(C#N)c(Br)c2)n1. The molecule has 0 saturated heterocycles. The molecule has 1 aromatic heterocycles. The molecule has 0 bridgehead atoms. The number of esters is 1. The van der Waals surface area contributed by atoms with Crippen LogP contribution in [0, 0.1) is 11.3 Å². The lowest BCUT2D eigenvalue weighted by Crippen LogP contribution is -2.07. The van der Waals surface area contributed by atoms with Crippen LogP contribution in [0.4, 0.5) is 0 Å². The van der Waals surface area contributed by atoms with Crippen LogP contribution in [0.2, 0.25) is 0 Å². The van der Waals surface area contributed by atoms with Gasteiger partial charge in [0.15, 0.2) is 5.69 Å². The summed E-state index contributed by atoms with van der Waals surface area (Å²) in [4.78, 5) is 11.5. The fourth-order valence-electron chi connectivity index (χ4n) is 1.70. The zero-order chi connectivity index (χ0) is 14.5. The predicted octanol–water partition coefficient (Wildman–Crippen LogP) is 2.74. The molecule has 0 aliphatic rings. The Morgan fingerprint density at radius 3 is 2.95 bits per heavy atom. The van der Waals surface area contributed by atoms with E-state index in [0.717, 1.165) is 10.0 Å². The van der Waals surface area contributed by atoms with Crippen LogP contribution in [0.3, 0.4) is 0 Å². The van der Waals surface area contributed by atoms with Gasteiger partial charge < -0.3 is 4.74 Å². The highest BCUT2D eigenvalue weighted by Gasteiger charge is 2.10. The number of nitriles is 1. The van der Waals surface area contributed by atoms with Gasteiger partial charge in [-0.25, -0.2) is 4.79 Å². The maximum absolute atomic E-state index is 11.5. The zero-order valence-corrected chi connectivity index (χ0v) is 12.4. The quantitative estimate of drug-likeness (QED) is 0.807. The van der Waals surface area contributed by atoms with Crippen molar-refractivity contribution in [3.8, 4) is 6.07 Å². The zero-order valence-electron chi connectivity index (χ0n) is 10.8. The molecule has 5 nitrogen and oxygen atoms in total. The van der Waals surface area contributed by atoms with Crippen LogP contribution in [0.15, 0.2) is 34.9 Å². The minimum absolute atomic E-state index is 0.291. The van der Waals surface area contributed by atoms with Crippen LogP contribution in [-0.2, 0) is 11.3 Å². The predicted molar refractivity (Wildman–Crippen MR) is 76.1 cm³/mol. The number of carbonyl (C=O) groups is 1. The fraction of sp³-hybridized carbons (Fsp3) is 0.214. The summed E-state index contributed by atoms with van der Waals surface area (Å²) in [5, 5.41) is 13.0. The van der Waals surface area contributed by atoms with E-state index in [2.05, 4.69) is 27.1 Å². The first kappa shape index (κ1) is 14.3. The molecule has 0 unspecified atom stereocenters. The van der Waals surface area contributed by atoms with Crippen LogP contribution in [0.5, 0.6) is 0 Å². The van der Waals surface area contributed by atoms with Crippen molar-refractivity contribution in [3.05, 3.63) is 51.8 Å². The number of aromatic nitrogens is 2. The monoisotopic (exact) mass is 333 g/mol. The van der Waals surface area contributed by atoms with Gasteiger partial charge in [-0.2, -0.15) is 10.4 Å². The number of ether oxygens (including phenoxy) is 1. The second-order valence-corrected chi connectivity index (χ2v) is 4.90. The summed E-state index contributed by atoms with van der Waals surface area (Å²) < 4.78 is 7.28. The van der Waals surface area contributed by atoms with E-state index in [-0.39, 0.29) is 0 Å². The van der Waals surface area contributed by atoms with Crippen molar-refractivity contribution < 1.29 is 9.53 Å². The fourth-order valence-corrected chi connectivity index (χ4v) is 2.21. The van der Waals surface area contributed by atoms with Crippen molar-refractivity contribution in [2.45, 2.75) is 13.5 Å². The molecule has 20 heavy (non-hydrogen) atoms. The Kier molecular flexibility index (Phi) is 4.53. The highest BCUT2D eigenvalue weighted by Crippen LogP contribution is 2.18. The van der Waals surface area contributed by atoms with Crippen LogP contribution in [0.1, 0.15) is 28.5 Å². The molecule has 2 aromatic rings. The Hall–Kier alpha value is -2.13. The van der Waals surface area contributed by atoms with Crippen LogP contribution < -0.4 is 0 Å². The summed E-state index contributed by atoms with van der Waals surface area (Å²) in [6, 6.07) is 9.18. The average Bonchev–Trinajstić information content (AvgIpc) is 2.88. The molecule has 0 saturated carbocycles. The largest absolute Gasteiger partial charge is 0.461 e. The lowest BCUT2D eigenvalue weighted by Gasteiger charge is -2.04. The molecule has 102 valence electrons. The van der Waals surface area contributed by atoms with Gasteiger partial charge in [-0.15, -0.1) is 0 Å². The van der Waals surface area contributed by atoms with E-state index in [0.29, 0.717) is 24.4 Å². The maximum atomic E-state index is 11.5. The van der Waals surface area contributed by atoms with E-state index < -0.39 is 5.97 Å². The highest BCUT2D eigenvalue weighted by atomic mass is 79.9. The third kappa shape index (κ3) is 3.25. The van der Waals surface area contributed by atoms with Gasteiger partial charge in [0.1, 0.15) is 6.07 Å². The molecule has 0 amide bonds. The number of nitrogens with zero attached hydrogens (tertiary/aromatic N) is 3. The average molecular weight is 334 g/mol. The number of carbonyl (C=O) groups excluding carboxylic acids is 1. The normalized spacial score (nSPS) is 10.1. The molecule has 6 heteroatoms. The van der Waals surface area contributed by atoms with E-state index in [9.17, 15) is 4.79 Å².